The Labute approximate surface area is 111 Å². The molecule has 0 bridgehead atoms. The fraction of sp³-hybridized carbons (Fsp3) is 0.625. The van der Waals surface area contributed by atoms with Crippen LogP contribution < -0.4 is 5.73 Å². The number of rotatable bonds is 4. The van der Waals surface area contributed by atoms with E-state index in [1.54, 1.807) is 0 Å². The maximum absolute atomic E-state index is 10.9. The first kappa shape index (κ1) is 14.2. The van der Waals surface area contributed by atoms with E-state index >= 15 is 0 Å². The van der Waals surface area contributed by atoms with Gasteiger partial charge in [-0.1, -0.05) is 5.11 Å². The fourth-order valence-electron chi connectivity index (χ4n) is 1.81. The van der Waals surface area contributed by atoms with Crippen LogP contribution in [0.2, 0.25) is 0 Å². The second kappa shape index (κ2) is 5.03. The molecule has 1 aliphatic rings. The fourth-order valence-corrected chi connectivity index (χ4v) is 1.81. The van der Waals surface area contributed by atoms with Crippen molar-refractivity contribution in [1.82, 2.24) is 14.8 Å². The monoisotopic (exact) mass is 285 g/mol. The average molecular weight is 285 g/mol. The molecule has 1 amide bonds. The van der Waals surface area contributed by atoms with Crippen molar-refractivity contribution in [3.63, 3.8) is 0 Å². The SMILES string of the molecule is [N-]=[N+]=N[C@]1(CO)O[C@@H](n2cnc(C(N)=O)n2)[C@H](O)[C@@H]1O. The summed E-state index contributed by atoms with van der Waals surface area (Å²) in [7, 11) is 0. The molecule has 108 valence electrons. The molecule has 0 aromatic carbocycles. The molecule has 0 unspecified atom stereocenters. The van der Waals surface area contributed by atoms with Gasteiger partial charge >= 0.3 is 0 Å². The van der Waals surface area contributed by atoms with Gasteiger partial charge in [0.25, 0.3) is 5.91 Å². The highest BCUT2D eigenvalue weighted by atomic mass is 16.6. The zero-order valence-electron chi connectivity index (χ0n) is 9.94. The first-order valence-electron chi connectivity index (χ1n) is 5.37. The van der Waals surface area contributed by atoms with Crippen molar-refractivity contribution in [3.8, 4) is 0 Å². The van der Waals surface area contributed by atoms with Crippen molar-refractivity contribution >= 4 is 5.91 Å². The summed E-state index contributed by atoms with van der Waals surface area (Å²) in [6, 6.07) is 0. The van der Waals surface area contributed by atoms with E-state index in [-0.39, 0.29) is 5.82 Å². The molecule has 2 heterocycles. The van der Waals surface area contributed by atoms with Gasteiger partial charge in [0.2, 0.25) is 11.5 Å². The number of nitrogens with two attached hydrogens (primary N) is 1. The number of hydrogen-bond acceptors (Lipinski definition) is 8. The third-order valence-electron chi connectivity index (χ3n) is 2.83. The number of ether oxygens (including phenoxy) is 1. The van der Waals surface area contributed by atoms with Gasteiger partial charge in [-0.3, -0.25) is 4.79 Å². The molecule has 1 aromatic rings. The molecule has 0 saturated carbocycles. The Bertz CT molecular complexity index is 569. The van der Waals surface area contributed by atoms with Gasteiger partial charge in [-0.15, -0.1) is 5.10 Å². The lowest BCUT2D eigenvalue weighted by molar-refractivity contribution is -0.127. The minimum atomic E-state index is -2.04. The molecule has 1 fully saturated rings. The van der Waals surface area contributed by atoms with E-state index in [4.69, 9.17) is 16.0 Å². The number of aromatic nitrogens is 3. The minimum Gasteiger partial charge on any atom is -0.393 e. The number of primary amides is 1. The summed E-state index contributed by atoms with van der Waals surface area (Å²) in [5.41, 5.74) is 11.4. The summed E-state index contributed by atoms with van der Waals surface area (Å²) in [6.45, 7) is -0.858. The quantitative estimate of drug-likeness (QED) is 0.269. The summed E-state index contributed by atoms with van der Waals surface area (Å²) in [4.78, 5) is 16.9. The summed E-state index contributed by atoms with van der Waals surface area (Å²) in [6.07, 6.45) is -3.50. The van der Waals surface area contributed by atoms with Crippen LogP contribution in [0.4, 0.5) is 0 Å². The zero-order chi connectivity index (χ0) is 14.9. The molecular formula is C8H11N7O5. The van der Waals surface area contributed by atoms with Gasteiger partial charge in [-0.25, -0.2) is 9.67 Å². The van der Waals surface area contributed by atoms with Crippen LogP contribution in [0.1, 0.15) is 16.8 Å². The van der Waals surface area contributed by atoms with Crippen molar-refractivity contribution in [3.05, 3.63) is 22.6 Å². The third-order valence-corrected chi connectivity index (χ3v) is 2.83. The van der Waals surface area contributed by atoms with Gasteiger partial charge < -0.3 is 25.8 Å². The number of aliphatic hydroxyl groups excluding tert-OH is 3. The van der Waals surface area contributed by atoms with Crippen LogP contribution in [0, 0.1) is 0 Å². The van der Waals surface area contributed by atoms with Gasteiger partial charge in [-0.05, 0) is 5.53 Å². The van der Waals surface area contributed by atoms with Crippen LogP contribution in [0.25, 0.3) is 10.4 Å². The number of carbonyl (C=O) groups excluding carboxylic acids is 1. The molecule has 0 aliphatic carbocycles. The molecular weight excluding hydrogens is 274 g/mol. The second-order valence-electron chi connectivity index (χ2n) is 4.05. The van der Waals surface area contributed by atoms with Crippen LogP contribution >= 0.6 is 0 Å². The van der Waals surface area contributed by atoms with Gasteiger partial charge in [0, 0.05) is 4.91 Å². The van der Waals surface area contributed by atoms with E-state index in [0.717, 1.165) is 11.0 Å². The molecule has 2 rings (SSSR count). The Balaban J connectivity index is 2.34. The maximum atomic E-state index is 10.9. The summed E-state index contributed by atoms with van der Waals surface area (Å²) < 4.78 is 6.11. The smallest absolute Gasteiger partial charge is 0.288 e. The van der Waals surface area contributed by atoms with E-state index in [1.807, 2.05) is 0 Å². The largest absolute Gasteiger partial charge is 0.393 e. The predicted octanol–water partition coefficient (Wildman–Crippen LogP) is -2.37. The number of azide groups is 1. The molecule has 5 N–H and O–H groups in total. The minimum absolute atomic E-state index is 0.319. The highest BCUT2D eigenvalue weighted by Crippen LogP contribution is 2.37. The number of nitrogens with zero attached hydrogens (tertiary/aromatic N) is 6. The number of aliphatic hydroxyl groups is 3. The molecule has 1 aromatic heterocycles. The lowest BCUT2D eigenvalue weighted by atomic mass is 10.1. The molecule has 4 atom stereocenters. The van der Waals surface area contributed by atoms with Crippen molar-refractivity contribution in [2.45, 2.75) is 24.2 Å². The molecule has 0 spiro atoms. The normalized spacial score (nSPS) is 32.9. The van der Waals surface area contributed by atoms with Crippen molar-refractivity contribution in [2.24, 2.45) is 10.8 Å². The van der Waals surface area contributed by atoms with Gasteiger partial charge in [0.1, 0.15) is 18.5 Å². The third kappa shape index (κ3) is 2.07. The molecule has 20 heavy (non-hydrogen) atoms. The average Bonchev–Trinajstić information content (AvgIpc) is 2.99. The Kier molecular flexibility index (Phi) is 3.57. The van der Waals surface area contributed by atoms with Gasteiger partial charge in [-0.2, -0.15) is 0 Å². The van der Waals surface area contributed by atoms with E-state index in [1.165, 1.54) is 0 Å². The van der Waals surface area contributed by atoms with Gasteiger partial charge in [0.05, 0.1) is 6.61 Å². The van der Waals surface area contributed by atoms with E-state index in [9.17, 15) is 20.1 Å². The zero-order valence-corrected chi connectivity index (χ0v) is 9.94. The molecule has 1 aliphatic heterocycles. The summed E-state index contributed by atoms with van der Waals surface area (Å²) in [5.74, 6) is -1.21. The number of amides is 1. The Hall–Kier alpha value is -2.24. The Morgan fingerprint density at radius 1 is 1.70 bits per heavy atom. The van der Waals surface area contributed by atoms with Crippen molar-refractivity contribution < 1.29 is 24.9 Å². The summed E-state index contributed by atoms with van der Waals surface area (Å²) in [5, 5.41) is 35.7. The van der Waals surface area contributed by atoms with Crippen LogP contribution in [-0.2, 0) is 4.74 Å². The lowest BCUT2D eigenvalue weighted by Gasteiger charge is -2.23. The van der Waals surface area contributed by atoms with Crippen LogP contribution in [0.3, 0.4) is 0 Å². The van der Waals surface area contributed by atoms with Crippen LogP contribution in [-0.4, -0.2) is 60.5 Å². The van der Waals surface area contributed by atoms with E-state index in [0.29, 0.717) is 0 Å². The Morgan fingerprint density at radius 2 is 2.40 bits per heavy atom. The molecule has 0 radical (unpaired) electrons. The van der Waals surface area contributed by atoms with E-state index < -0.39 is 36.7 Å². The first-order valence-corrected chi connectivity index (χ1v) is 5.37. The standard InChI is InChI=1S/C8H11N7O5/c9-5(19)6-11-2-15(12-6)7-3(17)4(18)8(1-16,20-7)13-14-10/h2-4,7,16-18H,1H2,(H2,9,19)/t3-,4+,7-,8-/m1/s1. The molecule has 12 nitrogen and oxygen atoms in total. The lowest BCUT2D eigenvalue weighted by Crippen LogP contribution is -2.44. The Morgan fingerprint density at radius 3 is 2.90 bits per heavy atom. The first-order chi connectivity index (χ1) is 9.45. The van der Waals surface area contributed by atoms with Crippen LogP contribution in [0.5, 0.6) is 0 Å². The molecule has 1 saturated heterocycles. The number of hydrogen-bond donors (Lipinski definition) is 4. The maximum Gasteiger partial charge on any atom is 0.288 e. The second-order valence-corrected chi connectivity index (χ2v) is 4.05. The predicted molar refractivity (Wildman–Crippen MR) is 59.6 cm³/mol. The topological polar surface area (TPSA) is 192 Å². The number of carbonyl (C=O) groups is 1. The molecule has 12 heteroatoms. The van der Waals surface area contributed by atoms with Crippen molar-refractivity contribution in [1.29, 1.82) is 0 Å². The highest BCUT2D eigenvalue weighted by molar-refractivity contribution is 5.88. The van der Waals surface area contributed by atoms with Crippen molar-refractivity contribution in [2.75, 3.05) is 6.61 Å². The van der Waals surface area contributed by atoms with Crippen LogP contribution in [0.15, 0.2) is 11.4 Å². The van der Waals surface area contributed by atoms with Gasteiger partial charge in [0.15, 0.2) is 6.23 Å². The highest BCUT2D eigenvalue weighted by Gasteiger charge is 2.55. The van der Waals surface area contributed by atoms with E-state index in [2.05, 4.69) is 20.1 Å². The summed E-state index contributed by atoms with van der Waals surface area (Å²) >= 11 is 0.